The second-order valence-corrected chi connectivity index (χ2v) is 9.64. The van der Waals surface area contributed by atoms with Gasteiger partial charge in [-0.3, -0.25) is 0 Å². The first-order valence-corrected chi connectivity index (χ1v) is 9.29. The molecule has 106 valence electrons. The molecule has 1 atom stereocenters. The molecule has 0 aromatic carbocycles. The molecule has 7 heteroatoms. The van der Waals surface area contributed by atoms with E-state index >= 15 is 0 Å². The summed E-state index contributed by atoms with van der Waals surface area (Å²) in [4.78, 5) is 0. The van der Waals surface area contributed by atoms with E-state index in [-0.39, 0.29) is 30.3 Å². The van der Waals surface area contributed by atoms with E-state index < -0.39 is 24.4 Å². The van der Waals surface area contributed by atoms with Crippen molar-refractivity contribution in [2.24, 2.45) is 0 Å². The Bertz CT molecular complexity index is 526. The number of allylic oxidation sites excluding steroid dienone is 1. The molecule has 1 fully saturated rings. The molecular weight excluding hydrogens is 276 g/mol. The van der Waals surface area contributed by atoms with Crippen molar-refractivity contribution in [2.75, 3.05) is 23.9 Å². The Morgan fingerprint density at radius 3 is 2.33 bits per heavy atom. The predicted octanol–water partition coefficient (Wildman–Crippen LogP) is 0.919. The summed E-state index contributed by atoms with van der Waals surface area (Å²) < 4.78 is 51.6. The van der Waals surface area contributed by atoms with Crippen LogP contribution in [0.1, 0.15) is 27.2 Å². The molecule has 0 aliphatic carbocycles. The third-order valence-corrected chi connectivity index (χ3v) is 7.99. The van der Waals surface area contributed by atoms with Crippen LogP contribution in [0.25, 0.3) is 0 Å². The lowest BCUT2D eigenvalue weighted by Crippen LogP contribution is -2.54. The van der Waals surface area contributed by atoms with Gasteiger partial charge in [0.2, 0.25) is 0 Å². The lowest BCUT2D eigenvalue weighted by molar-refractivity contribution is 0.209. The van der Waals surface area contributed by atoms with Gasteiger partial charge in [0.15, 0.2) is 19.7 Å². The zero-order valence-electron chi connectivity index (χ0n) is 11.0. The van der Waals surface area contributed by atoms with Crippen molar-refractivity contribution in [1.29, 1.82) is 0 Å². The maximum absolute atomic E-state index is 12.1. The standard InChI is InChI=1S/C11H20O5S2/c1-4-11(8-16-7-10(2)3)9-17(12,13)5-6-18(11,14)15/h7H,4-6,8-9H2,1-3H3. The van der Waals surface area contributed by atoms with Crippen molar-refractivity contribution in [3.63, 3.8) is 0 Å². The van der Waals surface area contributed by atoms with Gasteiger partial charge in [-0.05, 0) is 25.8 Å². The Labute approximate surface area is 109 Å². The van der Waals surface area contributed by atoms with Crippen LogP contribution in [0.4, 0.5) is 0 Å². The summed E-state index contributed by atoms with van der Waals surface area (Å²) in [5.41, 5.74) is 0.900. The lowest BCUT2D eigenvalue weighted by atomic mass is 10.1. The normalized spacial score (nSPS) is 29.5. The van der Waals surface area contributed by atoms with E-state index in [9.17, 15) is 16.8 Å². The topological polar surface area (TPSA) is 77.5 Å². The molecule has 1 heterocycles. The van der Waals surface area contributed by atoms with E-state index in [1.807, 2.05) is 13.8 Å². The van der Waals surface area contributed by atoms with Crippen LogP contribution in [-0.2, 0) is 24.4 Å². The Morgan fingerprint density at radius 1 is 1.22 bits per heavy atom. The second kappa shape index (κ2) is 5.21. The Hall–Kier alpha value is -0.560. The van der Waals surface area contributed by atoms with Gasteiger partial charge in [-0.15, -0.1) is 0 Å². The summed E-state index contributed by atoms with van der Waals surface area (Å²) in [5.74, 6) is -0.920. The van der Waals surface area contributed by atoms with Gasteiger partial charge in [0.1, 0.15) is 11.4 Å². The minimum atomic E-state index is -3.44. The fraction of sp³-hybridized carbons (Fsp3) is 0.818. The summed E-state index contributed by atoms with van der Waals surface area (Å²) in [6, 6.07) is 0. The lowest BCUT2D eigenvalue weighted by Gasteiger charge is -2.34. The fourth-order valence-corrected chi connectivity index (χ4v) is 7.44. The molecule has 0 spiro atoms. The van der Waals surface area contributed by atoms with Gasteiger partial charge in [-0.2, -0.15) is 0 Å². The monoisotopic (exact) mass is 296 g/mol. The van der Waals surface area contributed by atoms with Gasteiger partial charge in [0.25, 0.3) is 0 Å². The summed E-state index contributed by atoms with van der Waals surface area (Å²) in [5, 5.41) is 0. The Kier molecular flexibility index (Phi) is 4.48. The van der Waals surface area contributed by atoms with Gasteiger partial charge in [-0.25, -0.2) is 16.8 Å². The molecule has 0 amide bonds. The van der Waals surface area contributed by atoms with Gasteiger partial charge < -0.3 is 4.74 Å². The fourth-order valence-electron chi connectivity index (χ4n) is 1.93. The van der Waals surface area contributed by atoms with Crippen molar-refractivity contribution in [3.8, 4) is 0 Å². The molecule has 0 saturated carbocycles. The summed E-state index contributed by atoms with van der Waals surface area (Å²) in [7, 11) is -6.74. The first-order chi connectivity index (χ1) is 8.14. The third-order valence-electron chi connectivity index (χ3n) is 3.12. The average molecular weight is 296 g/mol. The van der Waals surface area contributed by atoms with Crippen LogP contribution in [0.3, 0.4) is 0 Å². The Morgan fingerprint density at radius 2 is 1.83 bits per heavy atom. The number of hydrogen-bond acceptors (Lipinski definition) is 5. The molecule has 0 aromatic rings. The zero-order chi connectivity index (χ0) is 14.0. The van der Waals surface area contributed by atoms with Crippen LogP contribution in [0.5, 0.6) is 0 Å². The minimum Gasteiger partial charge on any atom is -0.500 e. The van der Waals surface area contributed by atoms with Gasteiger partial charge in [0, 0.05) is 0 Å². The number of ether oxygens (including phenoxy) is 1. The largest absolute Gasteiger partial charge is 0.500 e. The van der Waals surface area contributed by atoms with E-state index in [1.165, 1.54) is 6.26 Å². The van der Waals surface area contributed by atoms with E-state index in [1.54, 1.807) is 6.92 Å². The number of rotatable bonds is 4. The highest BCUT2D eigenvalue weighted by Crippen LogP contribution is 2.30. The predicted molar refractivity (Wildman–Crippen MR) is 70.8 cm³/mol. The van der Waals surface area contributed by atoms with Crippen molar-refractivity contribution < 1.29 is 21.6 Å². The van der Waals surface area contributed by atoms with Gasteiger partial charge in [0.05, 0.1) is 23.5 Å². The molecule has 5 nitrogen and oxygen atoms in total. The minimum absolute atomic E-state index is 0.101. The van der Waals surface area contributed by atoms with Crippen LogP contribution in [0.15, 0.2) is 11.8 Å². The molecular formula is C11H20O5S2. The molecule has 1 rings (SSSR count). The summed E-state index contributed by atoms with van der Waals surface area (Å²) >= 11 is 0. The highest BCUT2D eigenvalue weighted by atomic mass is 32.2. The summed E-state index contributed by atoms with van der Waals surface area (Å²) in [6.45, 7) is 5.23. The maximum atomic E-state index is 12.1. The highest BCUT2D eigenvalue weighted by molar-refractivity contribution is 7.99. The van der Waals surface area contributed by atoms with Crippen LogP contribution < -0.4 is 0 Å². The smallest absolute Gasteiger partial charge is 0.161 e. The van der Waals surface area contributed by atoms with Crippen molar-refractivity contribution in [1.82, 2.24) is 0 Å². The van der Waals surface area contributed by atoms with Crippen molar-refractivity contribution in [3.05, 3.63) is 11.8 Å². The van der Waals surface area contributed by atoms with E-state index in [0.29, 0.717) is 0 Å². The van der Waals surface area contributed by atoms with Crippen LogP contribution >= 0.6 is 0 Å². The molecule has 18 heavy (non-hydrogen) atoms. The first kappa shape index (κ1) is 15.5. The van der Waals surface area contributed by atoms with Crippen molar-refractivity contribution in [2.45, 2.75) is 31.9 Å². The van der Waals surface area contributed by atoms with Crippen LogP contribution in [0.2, 0.25) is 0 Å². The number of hydrogen-bond donors (Lipinski definition) is 0. The summed E-state index contributed by atoms with van der Waals surface area (Å²) in [6.07, 6.45) is 1.71. The first-order valence-electron chi connectivity index (χ1n) is 5.82. The molecule has 0 N–H and O–H groups in total. The molecule has 1 aliphatic rings. The molecule has 1 unspecified atom stereocenters. The van der Waals surface area contributed by atoms with Gasteiger partial charge >= 0.3 is 0 Å². The van der Waals surface area contributed by atoms with E-state index in [0.717, 1.165) is 5.57 Å². The third kappa shape index (κ3) is 3.26. The molecule has 0 radical (unpaired) electrons. The zero-order valence-corrected chi connectivity index (χ0v) is 12.6. The van der Waals surface area contributed by atoms with Crippen LogP contribution in [-0.4, -0.2) is 45.4 Å². The highest BCUT2D eigenvalue weighted by Gasteiger charge is 2.50. The molecule has 0 bridgehead atoms. The van der Waals surface area contributed by atoms with Crippen molar-refractivity contribution >= 4 is 19.7 Å². The maximum Gasteiger partial charge on any atom is 0.161 e. The SMILES string of the molecule is CCC1(COC=C(C)C)CS(=O)(=O)CCS1(=O)=O. The Balaban J connectivity index is 3.04. The molecule has 1 aliphatic heterocycles. The number of sulfone groups is 2. The van der Waals surface area contributed by atoms with E-state index in [4.69, 9.17) is 4.74 Å². The molecule has 0 aromatic heterocycles. The van der Waals surface area contributed by atoms with Gasteiger partial charge in [-0.1, -0.05) is 6.92 Å². The molecule has 1 saturated heterocycles. The average Bonchev–Trinajstić information content (AvgIpc) is 2.23. The quantitative estimate of drug-likeness (QED) is 0.721. The van der Waals surface area contributed by atoms with Crippen LogP contribution in [0, 0.1) is 0 Å². The second-order valence-electron chi connectivity index (χ2n) is 4.95. The van der Waals surface area contributed by atoms with E-state index in [2.05, 4.69) is 0 Å².